The lowest BCUT2D eigenvalue weighted by molar-refractivity contribution is -0.665. The van der Waals surface area contributed by atoms with Crippen molar-refractivity contribution in [3.63, 3.8) is 0 Å². The molecule has 0 bridgehead atoms. The third kappa shape index (κ3) is 9.89. The highest BCUT2D eigenvalue weighted by atomic mass is 127. The Kier molecular flexibility index (Phi) is 13.8. The van der Waals surface area contributed by atoms with Crippen LogP contribution in [0.2, 0.25) is 0 Å². The Hall–Kier alpha value is -2.23. The summed E-state index contributed by atoms with van der Waals surface area (Å²) in [5, 5.41) is 23.2. The molecule has 0 amide bonds. The Balaban J connectivity index is 1.38. The maximum atomic E-state index is 13.4. The van der Waals surface area contributed by atoms with Crippen molar-refractivity contribution in [3.8, 4) is 23.0 Å². The van der Waals surface area contributed by atoms with E-state index in [4.69, 9.17) is 14.2 Å². The summed E-state index contributed by atoms with van der Waals surface area (Å²) in [5.41, 5.74) is 0.582. The zero-order valence-electron chi connectivity index (χ0n) is 28.7. The number of phenols is 2. The van der Waals surface area contributed by atoms with Crippen LogP contribution in [0.15, 0.2) is 72.8 Å². The number of quaternary nitrogens is 1. The minimum absolute atomic E-state index is 0.0748. The molecule has 4 N–H and O–H groups in total. The van der Waals surface area contributed by atoms with Crippen LogP contribution < -0.4 is 14.8 Å². The number of rotatable bonds is 11. The van der Waals surface area contributed by atoms with Crippen molar-refractivity contribution in [3.05, 3.63) is 109 Å². The van der Waals surface area contributed by atoms with Crippen molar-refractivity contribution in [2.45, 2.75) is 57.5 Å². The summed E-state index contributed by atoms with van der Waals surface area (Å²) in [6, 6.07) is 20.8. The number of aromatic hydroxyl groups is 2. The fourth-order valence-electron chi connectivity index (χ4n) is 6.41. The van der Waals surface area contributed by atoms with E-state index in [-0.39, 0.29) is 35.0 Å². The van der Waals surface area contributed by atoms with Crippen molar-refractivity contribution in [1.29, 1.82) is 0 Å². The number of halogens is 4. The number of benzene rings is 4. The van der Waals surface area contributed by atoms with E-state index in [1.165, 1.54) is 0 Å². The molecule has 1 heterocycles. The number of ether oxygens (including phenoxy) is 3. The molecular formula is C39H38I4NO8+. The highest BCUT2D eigenvalue weighted by Crippen LogP contribution is 2.39. The van der Waals surface area contributed by atoms with Gasteiger partial charge in [-0.2, -0.15) is 0 Å². The summed E-state index contributed by atoms with van der Waals surface area (Å²) < 4.78 is 20.1. The predicted octanol–water partition coefficient (Wildman–Crippen LogP) is 8.34. The molecule has 0 unspecified atom stereocenters. The SMILES string of the molecule is CC(CCC(=O)OC(C)(C)C1CC[NH2+]CC1)(c1ccc(OC(=O)c2cc(I)cc(I)c2O)cc1)c1ccc(OC(=O)c2cc(I)cc(I)c2O)cc1. The first-order valence-electron chi connectivity index (χ1n) is 16.6. The van der Waals surface area contributed by atoms with E-state index in [1.54, 1.807) is 48.5 Å². The molecule has 4 aromatic rings. The number of hydrogen-bond acceptors (Lipinski definition) is 8. The van der Waals surface area contributed by atoms with Crippen LogP contribution in [0.3, 0.4) is 0 Å². The standard InChI is InChI=1S/C39H37I4NO8/c1-38(2,22-13-16-44-17-14-22)52-33(45)12-15-39(3,23-4-8-27(9-5-23)50-36(48)29-18-25(40)20-31(42)34(29)46)24-6-10-28(11-7-24)51-37(49)30-19-26(41)21-32(43)35(30)47/h4-11,18-22,44,46-47H,12-17H2,1-3H3/p+1. The van der Waals surface area contributed by atoms with Gasteiger partial charge in [0.25, 0.3) is 0 Å². The lowest BCUT2D eigenvalue weighted by Gasteiger charge is -2.36. The molecule has 0 aromatic heterocycles. The van der Waals surface area contributed by atoms with Crippen LogP contribution in [0.4, 0.5) is 0 Å². The van der Waals surface area contributed by atoms with E-state index in [0.717, 1.165) is 44.2 Å². The molecule has 1 aliphatic heterocycles. The maximum Gasteiger partial charge on any atom is 0.347 e. The molecular weight excluding hydrogens is 1120 g/mol. The average Bonchev–Trinajstić information content (AvgIpc) is 3.11. The Morgan fingerprint density at radius 3 is 1.56 bits per heavy atom. The van der Waals surface area contributed by atoms with E-state index in [0.29, 0.717) is 31.0 Å². The van der Waals surface area contributed by atoms with Gasteiger partial charge in [0, 0.05) is 37.7 Å². The molecule has 52 heavy (non-hydrogen) atoms. The normalized spacial score (nSPS) is 13.8. The first-order chi connectivity index (χ1) is 24.6. The van der Waals surface area contributed by atoms with E-state index in [9.17, 15) is 24.6 Å². The van der Waals surface area contributed by atoms with E-state index in [2.05, 4.69) is 50.5 Å². The van der Waals surface area contributed by atoms with Gasteiger partial charge >= 0.3 is 17.9 Å². The number of nitrogens with two attached hydrogens (primary N) is 1. The minimum atomic E-state index is -0.706. The van der Waals surface area contributed by atoms with E-state index >= 15 is 0 Å². The average molecular weight is 1160 g/mol. The topological polar surface area (TPSA) is 136 Å². The van der Waals surface area contributed by atoms with Crippen LogP contribution in [0, 0.1) is 20.2 Å². The Bertz CT molecular complexity index is 1840. The lowest BCUT2D eigenvalue weighted by atomic mass is 9.73. The molecule has 1 fully saturated rings. The van der Waals surface area contributed by atoms with Gasteiger partial charge < -0.3 is 29.7 Å². The second kappa shape index (κ2) is 17.5. The highest BCUT2D eigenvalue weighted by Gasteiger charge is 2.37. The number of carbonyl (C=O) groups is 3. The van der Waals surface area contributed by atoms with Crippen LogP contribution in [0.25, 0.3) is 0 Å². The van der Waals surface area contributed by atoms with Crippen LogP contribution >= 0.6 is 90.4 Å². The number of carbonyl (C=O) groups excluding carboxylic acids is 3. The number of esters is 3. The fourth-order valence-corrected chi connectivity index (χ4v) is 10.1. The second-order valence-corrected chi connectivity index (χ2v) is 18.3. The lowest BCUT2D eigenvalue weighted by Crippen LogP contribution is -2.86. The zero-order valence-corrected chi connectivity index (χ0v) is 37.3. The molecule has 0 saturated carbocycles. The molecule has 1 saturated heterocycles. The summed E-state index contributed by atoms with van der Waals surface area (Å²) in [6.45, 7) is 8.07. The van der Waals surface area contributed by atoms with Gasteiger partial charge in [-0.15, -0.1) is 0 Å². The van der Waals surface area contributed by atoms with Crippen LogP contribution in [-0.4, -0.2) is 46.8 Å². The molecule has 5 rings (SSSR count). The molecule has 274 valence electrons. The first-order valence-corrected chi connectivity index (χ1v) is 20.9. The summed E-state index contributed by atoms with van der Waals surface area (Å²) in [4.78, 5) is 39.4. The monoisotopic (exact) mass is 1160 g/mol. The van der Waals surface area contributed by atoms with Crippen molar-refractivity contribution in [2.75, 3.05) is 13.1 Å². The summed E-state index contributed by atoms with van der Waals surface area (Å²) >= 11 is 8.10. The molecule has 13 heteroatoms. The van der Waals surface area contributed by atoms with Gasteiger partial charge in [-0.3, -0.25) is 4.79 Å². The Morgan fingerprint density at radius 2 is 1.13 bits per heavy atom. The van der Waals surface area contributed by atoms with Gasteiger partial charge in [0.05, 0.1) is 20.2 Å². The molecule has 0 radical (unpaired) electrons. The quantitative estimate of drug-likeness (QED) is 0.0776. The molecule has 9 nitrogen and oxygen atoms in total. The minimum Gasteiger partial charge on any atom is -0.506 e. The Morgan fingerprint density at radius 1 is 0.712 bits per heavy atom. The third-order valence-corrected chi connectivity index (χ3v) is 12.4. The zero-order chi connectivity index (χ0) is 37.8. The van der Waals surface area contributed by atoms with Gasteiger partial charge in [-0.05, 0) is 170 Å². The first kappa shape index (κ1) is 40.9. The predicted molar refractivity (Wildman–Crippen MR) is 230 cm³/mol. The van der Waals surface area contributed by atoms with Gasteiger partial charge in [0.2, 0.25) is 0 Å². The number of piperidine rings is 1. The molecule has 0 aliphatic carbocycles. The van der Waals surface area contributed by atoms with Gasteiger partial charge in [0.15, 0.2) is 0 Å². The van der Waals surface area contributed by atoms with Gasteiger partial charge in [0.1, 0.15) is 39.7 Å². The Labute approximate surface area is 357 Å². The molecule has 0 atom stereocenters. The molecule has 4 aromatic carbocycles. The van der Waals surface area contributed by atoms with Crippen molar-refractivity contribution < 1.29 is 44.1 Å². The van der Waals surface area contributed by atoms with Crippen molar-refractivity contribution in [1.82, 2.24) is 0 Å². The number of phenolic OH excluding ortho intramolecular Hbond substituents is 2. The van der Waals surface area contributed by atoms with Gasteiger partial charge in [-0.1, -0.05) is 31.2 Å². The second-order valence-electron chi connectivity index (χ2n) is 13.4. The summed E-state index contributed by atoms with van der Waals surface area (Å²) in [5.74, 6) is -1.00. The van der Waals surface area contributed by atoms with E-state index < -0.39 is 23.0 Å². The molecule has 0 spiro atoms. The van der Waals surface area contributed by atoms with Gasteiger partial charge in [-0.25, -0.2) is 9.59 Å². The highest BCUT2D eigenvalue weighted by molar-refractivity contribution is 14.1. The van der Waals surface area contributed by atoms with Crippen molar-refractivity contribution in [2.24, 2.45) is 5.92 Å². The largest absolute Gasteiger partial charge is 0.506 e. The fraction of sp³-hybridized carbons (Fsp3) is 0.308. The van der Waals surface area contributed by atoms with Crippen molar-refractivity contribution >= 4 is 108 Å². The summed E-state index contributed by atoms with van der Waals surface area (Å²) in [7, 11) is 0. The summed E-state index contributed by atoms with van der Waals surface area (Å²) in [6.07, 6.45) is 2.55. The van der Waals surface area contributed by atoms with Crippen LogP contribution in [0.5, 0.6) is 23.0 Å². The van der Waals surface area contributed by atoms with Crippen LogP contribution in [0.1, 0.15) is 78.3 Å². The number of hydrogen-bond donors (Lipinski definition) is 3. The maximum absolute atomic E-state index is 13.4. The smallest absolute Gasteiger partial charge is 0.347 e. The molecule has 1 aliphatic rings. The van der Waals surface area contributed by atoms with Crippen LogP contribution in [-0.2, 0) is 14.9 Å². The van der Waals surface area contributed by atoms with E-state index in [1.807, 2.05) is 90.2 Å². The third-order valence-electron chi connectivity index (χ3n) is 9.53.